The Labute approximate surface area is 244 Å². The van der Waals surface area contributed by atoms with Gasteiger partial charge in [0.1, 0.15) is 23.2 Å². The number of sulfonamides is 1. The number of benzene rings is 1. The number of para-hydroxylation sites is 1. The number of ether oxygens (including phenoxy) is 1. The van der Waals surface area contributed by atoms with E-state index in [-0.39, 0.29) is 59.0 Å². The molecule has 14 nitrogen and oxygen atoms in total. The number of aliphatic hydroxyl groups is 1. The van der Waals surface area contributed by atoms with E-state index in [1.54, 1.807) is 27.8 Å². The quantitative estimate of drug-likeness (QED) is 0.346. The zero-order chi connectivity index (χ0) is 30.9. The number of likely N-dealkylation sites (N-methyl/N-ethyl adjacent to an activating group) is 1. The Bertz CT molecular complexity index is 1540. The molecule has 3 atom stereocenters. The molecule has 0 aliphatic carbocycles. The van der Waals surface area contributed by atoms with Crippen LogP contribution >= 0.6 is 0 Å². The van der Waals surface area contributed by atoms with Crippen LogP contribution in [0.15, 0.2) is 32.1 Å². The van der Waals surface area contributed by atoms with Crippen molar-refractivity contribution < 1.29 is 36.9 Å². The lowest BCUT2D eigenvalue weighted by atomic mass is 9.99. The number of fused-ring (bicyclic) bond motifs is 1. The van der Waals surface area contributed by atoms with Gasteiger partial charge in [-0.25, -0.2) is 13.2 Å². The molecule has 3 N–H and O–H groups in total. The molecule has 4 rings (SSSR count). The standard InChI is InChI=1S/C27H36N6O8S/c1-14-11-33(15(2)13-34)26(35)20-9-8-10-21(31-42(37,38)25-17(4)30-41-19(25)6)24(20)39-22(14)12-32(7)27(36)28-23-16(3)29-40-18(23)5/h8-10,14-15,22,31,34H,11-13H2,1-7H3,(H,28,36)/t14-,15+,22-/m1/s1. The zero-order valence-electron chi connectivity index (χ0n) is 24.6. The third-order valence-corrected chi connectivity index (χ3v) is 8.85. The van der Waals surface area contributed by atoms with Crippen LogP contribution < -0.4 is 14.8 Å². The zero-order valence-corrected chi connectivity index (χ0v) is 25.4. The average Bonchev–Trinajstić information content (AvgIpc) is 3.45. The van der Waals surface area contributed by atoms with Crippen molar-refractivity contribution in [3.05, 3.63) is 46.7 Å². The highest BCUT2D eigenvalue weighted by molar-refractivity contribution is 7.92. The van der Waals surface area contributed by atoms with E-state index < -0.39 is 34.1 Å². The van der Waals surface area contributed by atoms with Gasteiger partial charge in [-0.05, 0) is 46.8 Å². The smallest absolute Gasteiger partial charge is 0.321 e. The normalized spacial score (nSPS) is 18.0. The number of hydrogen-bond donors (Lipinski definition) is 3. The van der Waals surface area contributed by atoms with Crippen molar-refractivity contribution in [2.24, 2.45) is 5.92 Å². The molecule has 0 radical (unpaired) electrons. The summed E-state index contributed by atoms with van der Waals surface area (Å²) in [6.45, 7) is 9.99. The second kappa shape index (κ2) is 12.0. The maximum Gasteiger partial charge on any atom is 0.321 e. The number of aromatic nitrogens is 2. The number of anilines is 2. The third-order valence-electron chi connectivity index (χ3n) is 7.24. The molecule has 0 unspecified atom stereocenters. The molecule has 3 amide bonds. The molecule has 228 valence electrons. The van der Waals surface area contributed by atoms with Gasteiger partial charge in [0, 0.05) is 19.5 Å². The molecule has 3 aromatic rings. The van der Waals surface area contributed by atoms with Crippen LogP contribution in [-0.4, -0.2) is 84.5 Å². The number of carbonyl (C=O) groups excluding carboxylic acids is 2. The second-order valence-electron chi connectivity index (χ2n) is 10.6. The first-order chi connectivity index (χ1) is 19.7. The minimum absolute atomic E-state index is 0.00376. The van der Waals surface area contributed by atoms with Gasteiger partial charge in [0.15, 0.2) is 22.2 Å². The maximum atomic E-state index is 13.7. The van der Waals surface area contributed by atoms with E-state index in [1.807, 2.05) is 6.92 Å². The fourth-order valence-electron chi connectivity index (χ4n) is 4.81. The SMILES string of the molecule is Cc1noc(C)c1NC(=O)N(C)C[C@H]1Oc2c(NS(=O)(=O)c3c(C)noc3C)cccc2C(=O)N([C@@H](C)CO)C[C@H]1C. The van der Waals surface area contributed by atoms with Gasteiger partial charge in [0.05, 0.1) is 30.4 Å². The topological polar surface area (TPSA) is 180 Å². The fraction of sp³-hybridized carbons (Fsp3) is 0.481. The Morgan fingerprint density at radius 2 is 1.83 bits per heavy atom. The number of rotatable bonds is 8. The van der Waals surface area contributed by atoms with E-state index in [0.29, 0.717) is 17.1 Å². The minimum Gasteiger partial charge on any atom is -0.485 e. The van der Waals surface area contributed by atoms with Crippen molar-refractivity contribution in [2.75, 3.05) is 36.8 Å². The summed E-state index contributed by atoms with van der Waals surface area (Å²) < 4.78 is 45.9. The lowest BCUT2D eigenvalue weighted by Gasteiger charge is -2.38. The monoisotopic (exact) mass is 604 g/mol. The van der Waals surface area contributed by atoms with Gasteiger partial charge in [-0.2, -0.15) is 0 Å². The highest BCUT2D eigenvalue weighted by atomic mass is 32.2. The van der Waals surface area contributed by atoms with Gasteiger partial charge >= 0.3 is 6.03 Å². The Kier molecular flexibility index (Phi) is 8.82. The number of aliphatic hydroxyl groups excluding tert-OH is 1. The fourth-order valence-corrected chi connectivity index (χ4v) is 6.21. The summed E-state index contributed by atoms with van der Waals surface area (Å²) in [5, 5.41) is 20.3. The first-order valence-electron chi connectivity index (χ1n) is 13.4. The Morgan fingerprint density at radius 3 is 2.43 bits per heavy atom. The first-order valence-corrected chi connectivity index (χ1v) is 14.9. The number of amides is 3. The predicted octanol–water partition coefficient (Wildman–Crippen LogP) is 3.08. The number of carbonyl (C=O) groups is 2. The van der Waals surface area contributed by atoms with Crippen LogP contribution in [0.2, 0.25) is 0 Å². The molecule has 0 saturated carbocycles. The summed E-state index contributed by atoms with van der Waals surface area (Å²) in [7, 11) is -2.59. The Hall–Kier alpha value is -4.11. The van der Waals surface area contributed by atoms with Crippen LogP contribution in [0, 0.1) is 33.6 Å². The summed E-state index contributed by atoms with van der Waals surface area (Å²) in [6, 6.07) is 3.58. The molecule has 0 spiro atoms. The number of nitrogens with one attached hydrogen (secondary N) is 2. The molecular weight excluding hydrogens is 568 g/mol. The minimum atomic E-state index is -4.18. The van der Waals surface area contributed by atoms with Crippen molar-refractivity contribution in [3.8, 4) is 5.75 Å². The van der Waals surface area contributed by atoms with E-state index in [4.69, 9.17) is 13.8 Å². The molecule has 1 aliphatic rings. The van der Waals surface area contributed by atoms with Crippen LogP contribution in [0.1, 0.15) is 47.1 Å². The molecule has 2 aromatic heterocycles. The molecule has 3 heterocycles. The van der Waals surface area contributed by atoms with Crippen molar-refractivity contribution in [1.82, 2.24) is 20.1 Å². The number of aryl methyl sites for hydroxylation is 4. The van der Waals surface area contributed by atoms with E-state index in [0.717, 1.165) is 0 Å². The average molecular weight is 605 g/mol. The third kappa shape index (κ3) is 6.06. The van der Waals surface area contributed by atoms with Crippen LogP contribution in [-0.2, 0) is 10.0 Å². The highest BCUT2D eigenvalue weighted by Crippen LogP contribution is 2.36. The van der Waals surface area contributed by atoms with Gasteiger partial charge in [-0.15, -0.1) is 0 Å². The largest absolute Gasteiger partial charge is 0.485 e. The highest BCUT2D eigenvalue weighted by Gasteiger charge is 2.36. The van der Waals surface area contributed by atoms with Crippen LogP contribution in [0.25, 0.3) is 0 Å². The van der Waals surface area contributed by atoms with Gasteiger partial charge < -0.3 is 34.0 Å². The number of nitrogens with zero attached hydrogens (tertiary/aromatic N) is 4. The molecular formula is C27H36N6O8S. The molecule has 1 aromatic carbocycles. The molecule has 15 heteroatoms. The lowest BCUT2D eigenvalue weighted by Crippen LogP contribution is -2.50. The molecule has 0 saturated heterocycles. The number of urea groups is 1. The van der Waals surface area contributed by atoms with Crippen molar-refractivity contribution in [2.45, 2.75) is 58.6 Å². The van der Waals surface area contributed by atoms with Gasteiger partial charge in [-0.1, -0.05) is 23.3 Å². The Morgan fingerprint density at radius 1 is 1.17 bits per heavy atom. The maximum absolute atomic E-state index is 13.7. The molecule has 0 fully saturated rings. The molecule has 0 bridgehead atoms. The second-order valence-corrected chi connectivity index (χ2v) is 12.2. The van der Waals surface area contributed by atoms with Gasteiger partial charge in [0.25, 0.3) is 15.9 Å². The first kappa shape index (κ1) is 30.8. The van der Waals surface area contributed by atoms with Crippen molar-refractivity contribution in [1.29, 1.82) is 0 Å². The van der Waals surface area contributed by atoms with E-state index >= 15 is 0 Å². The molecule has 42 heavy (non-hydrogen) atoms. The van der Waals surface area contributed by atoms with Gasteiger partial charge in [0.2, 0.25) is 0 Å². The van der Waals surface area contributed by atoms with Crippen LogP contribution in [0.4, 0.5) is 16.2 Å². The summed E-state index contributed by atoms with van der Waals surface area (Å²) in [6.07, 6.45) is -0.685. The van der Waals surface area contributed by atoms with Crippen LogP contribution in [0.5, 0.6) is 5.75 Å². The molecule has 1 aliphatic heterocycles. The van der Waals surface area contributed by atoms with Crippen molar-refractivity contribution in [3.63, 3.8) is 0 Å². The summed E-state index contributed by atoms with van der Waals surface area (Å²) in [5.41, 5.74) is 1.30. The lowest BCUT2D eigenvalue weighted by molar-refractivity contribution is 0.0373. The number of hydrogen-bond acceptors (Lipinski definition) is 10. The van der Waals surface area contributed by atoms with Crippen molar-refractivity contribution >= 4 is 33.3 Å². The predicted molar refractivity (Wildman–Crippen MR) is 152 cm³/mol. The summed E-state index contributed by atoms with van der Waals surface area (Å²) in [5.74, 6) is -0.196. The summed E-state index contributed by atoms with van der Waals surface area (Å²) >= 11 is 0. The Balaban J connectivity index is 1.71. The van der Waals surface area contributed by atoms with E-state index in [1.165, 1.54) is 41.8 Å². The van der Waals surface area contributed by atoms with E-state index in [2.05, 4.69) is 20.4 Å². The van der Waals surface area contributed by atoms with Gasteiger partial charge in [-0.3, -0.25) is 9.52 Å². The van der Waals surface area contributed by atoms with E-state index in [9.17, 15) is 23.1 Å². The van der Waals surface area contributed by atoms with Crippen LogP contribution in [0.3, 0.4) is 0 Å². The summed E-state index contributed by atoms with van der Waals surface area (Å²) in [4.78, 5) is 29.6.